The van der Waals surface area contributed by atoms with Crippen LogP contribution in [0.3, 0.4) is 0 Å². The van der Waals surface area contributed by atoms with E-state index in [9.17, 15) is 0 Å². The molecule has 2 atom stereocenters. The minimum atomic E-state index is 0.462. The van der Waals surface area contributed by atoms with Crippen LogP contribution in [0.4, 0.5) is 0 Å². The van der Waals surface area contributed by atoms with Gasteiger partial charge in [-0.3, -0.25) is 0 Å². The first-order valence-electron chi connectivity index (χ1n) is 7.86. The highest BCUT2D eigenvalue weighted by Gasteiger charge is 2.18. The summed E-state index contributed by atoms with van der Waals surface area (Å²) in [5.41, 5.74) is 1.36. The maximum Gasteiger partial charge on any atom is 0.0406 e. The Balaban J connectivity index is 1.90. The minimum absolute atomic E-state index is 0.462. The second-order valence-corrected chi connectivity index (χ2v) is 6.51. The predicted molar refractivity (Wildman–Crippen MR) is 87.3 cm³/mol. The van der Waals surface area contributed by atoms with Gasteiger partial charge < -0.3 is 10.2 Å². The van der Waals surface area contributed by atoms with Crippen molar-refractivity contribution in [2.75, 3.05) is 26.7 Å². The second-order valence-electron chi connectivity index (χ2n) is 6.07. The van der Waals surface area contributed by atoms with Crippen molar-refractivity contribution in [2.24, 2.45) is 5.92 Å². The van der Waals surface area contributed by atoms with E-state index in [-0.39, 0.29) is 0 Å². The van der Waals surface area contributed by atoms with Crippen LogP contribution < -0.4 is 5.32 Å². The predicted octanol–water partition coefficient (Wildman–Crippen LogP) is 4.11. The average Bonchev–Trinajstić information content (AvgIpc) is 2.44. The second kappa shape index (κ2) is 8.02. The van der Waals surface area contributed by atoms with Crippen molar-refractivity contribution in [2.45, 2.75) is 38.6 Å². The molecule has 2 rings (SSSR count). The van der Waals surface area contributed by atoms with E-state index in [1.54, 1.807) is 0 Å². The number of nitrogens with one attached hydrogen (secondary N) is 1. The Kier molecular flexibility index (Phi) is 6.34. The normalized spacial score (nSPS) is 21.9. The molecule has 1 fully saturated rings. The summed E-state index contributed by atoms with van der Waals surface area (Å²) in [6.45, 7) is 5.86. The molecule has 0 aliphatic carbocycles. The fourth-order valence-corrected chi connectivity index (χ4v) is 3.25. The summed E-state index contributed by atoms with van der Waals surface area (Å²) in [4.78, 5) is 2.45. The SMILES string of the molecule is CCCC(NCC1CCCN(C)C1)c1ccc(Cl)cc1. The van der Waals surface area contributed by atoms with Crippen LogP contribution in [0.2, 0.25) is 5.02 Å². The summed E-state index contributed by atoms with van der Waals surface area (Å²) >= 11 is 5.98. The summed E-state index contributed by atoms with van der Waals surface area (Å²) in [6.07, 6.45) is 5.08. The van der Waals surface area contributed by atoms with E-state index in [4.69, 9.17) is 11.6 Å². The van der Waals surface area contributed by atoms with E-state index < -0.39 is 0 Å². The molecule has 2 unspecified atom stereocenters. The van der Waals surface area contributed by atoms with Gasteiger partial charge in [0.05, 0.1) is 0 Å². The maximum atomic E-state index is 5.98. The van der Waals surface area contributed by atoms with E-state index in [2.05, 4.69) is 36.3 Å². The molecule has 1 aromatic carbocycles. The van der Waals surface area contributed by atoms with Gasteiger partial charge in [0.1, 0.15) is 0 Å². The van der Waals surface area contributed by atoms with Gasteiger partial charge in [-0.1, -0.05) is 37.1 Å². The standard InChI is InChI=1S/C17H27ClN2/c1-3-5-17(15-7-9-16(18)10-8-15)19-12-14-6-4-11-20(2)13-14/h7-10,14,17,19H,3-6,11-13H2,1-2H3. The van der Waals surface area contributed by atoms with Crippen LogP contribution in [0.1, 0.15) is 44.2 Å². The molecular weight excluding hydrogens is 268 g/mol. The third-order valence-electron chi connectivity index (χ3n) is 4.22. The summed E-state index contributed by atoms with van der Waals surface area (Å²) in [6, 6.07) is 8.76. The Bertz CT molecular complexity index is 390. The third-order valence-corrected chi connectivity index (χ3v) is 4.48. The molecule has 0 spiro atoms. The first kappa shape index (κ1) is 15.8. The molecule has 1 aliphatic rings. The van der Waals surface area contributed by atoms with Crippen molar-refractivity contribution in [3.05, 3.63) is 34.9 Å². The highest BCUT2D eigenvalue weighted by atomic mass is 35.5. The Morgan fingerprint density at radius 2 is 2.10 bits per heavy atom. The van der Waals surface area contributed by atoms with Gasteiger partial charge in [-0.25, -0.2) is 0 Å². The molecule has 1 heterocycles. The molecule has 3 heteroatoms. The fraction of sp³-hybridized carbons (Fsp3) is 0.647. The summed E-state index contributed by atoms with van der Waals surface area (Å²) in [5.74, 6) is 0.792. The Hall–Kier alpha value is -0.570. The van der Waals surface area contributed by atoms with E-state index in [0.717, 1.165) is 17.5 Å². The summed E-state index contributed by atoms with van der Waals surface area (Å²) < 4.78 is 0. The topological polar surface area (TPSA) is 15.3 Å². The lowest BCUT2D eigenvalue weighted by atomic mass is 9.96. The van der Waals surface area contributed by atoms with Crippen molar-refractivity contribution in [3.63, 3.8) is 0 Å². The molecular formula is C17H27ClN2. The molecule has 0 amide bonds. The highest BCUT2D eigenvalue weighted by Crippen LogP contribution is 2.22. The molecule has 112 valence electrons. The Morgan fingerprint density at radius 3 is 2.75 bits per heavy atom. The van der Waals surface area contributed by atoms with Crippen molar-refractivity contribution < 1.29 is 0 Å². The first-order chi connectivity index (χ1) is 9.69. The number of rotatable bonds is 6. The molecule has 1 N–H and O–H groups in total. The fourth-order valence-electron chi connectivity index (χ4n) is 3.12. The highest BCUT2D eigenvalue weighted by molar-refractivity contribution is 6.30. The number of hydrogen-bond donors (Lipinski definition) is 1. The number of benzene rings is 1. The molecule has 0 saturated carbocycles. The first-order valence-corrected chi connectivity index (χ1v) is 8.24. The van der Waals surface area contributed by atoms with Crippen LogP contribution >= 0.6 is 11.6 Å². The summed E-state index contributed by atoms with van der Waals surface area (Å²) in [5, 5.41) is 4.59. The molecule has 20 heavy (non-hydrogen) atoms. The third kappa shape index (κ3) is 4.76. The zero-order valence-electron chi connectivity index (χ0n) is 12.7. The van der Waals surface area contributed by atoms with Gasteiger partial charge in [0.2, 0.25) is 0 Å². The number of piperidine rings is 1. The van der Waals surface area contributed by atoms with Crippen LogP contribution in [0, 0.1) is 5.92 Å². The molecule has 0 aromatic heterocycles. The Labute approximate surface area is 128 Å². The van der Waals surface area contributed by atoms with E-state index in [0.29, 0.717) is 6.04 Å². The largest absolute Gasteiger partial charge is 0.310 e. The molecule has 1 aliphatic heterocycles. The number of hydrogen-bond acceptors (Lipinski definition) is 2. The lowest BCUT2D eigenvalue weighted by molar-refractivity contribution is 0.202. The summed E-state index contributed by atoms with van der Waals surface area (Å²) in [7, 11) is 2.23. The number of likely N-dealkylation sites (tertiary alicyclic amines) is 1. The van der Waals surface area contributed by atoms with Gasteiger partial charge in [-0.2, -0.15) is 0 Å². The van der Waals surface area contributed by atoms with Crippen molar-refractivity contribution in [1.82, 2.24) is 10.2 Å². The number of nitrogens with zero attached hydrogens (tertiary/aromatic N) is 1. The van der Waals surface area contributed by atoms with Gasteiger partial charge in [0, 0.05) is 17.6 Å². The monoisotopic (exact) mass is 294 g/mol. The van der Waals surface area contributed by atoms with E-state index in [1.807, 2.05) is 12.1 Å². The molecule has 1 aromatic rings. The van der Waals surface area contributed by atoms with Gasteiger partial charge in [0.25, 0.3) is 0 Å². The van der Waals surface area contributed by atoms with E-state index >= 15 is 0 Å². The van der Waals surface area contributed by atoms with Gasteiger partial charge >= 0.3 is 0 Å². The maximum absolute atomic E-state index is 5.98. The zero-order valence-corrected chi connectivity index (χ0v) is 13.5. The molecule has 0 radical (unpaired) electrons. The minimum Gasteiger partial charge on any atom is -0.310 e. The van der Waals surface area contributed by atoms with Crippen LogP contribution in [-0.4, -0.2) is 31.6 Å². The lowest BCUT2D eigenvalue weighted by Gasteiger charge is -2.31. The van der Waals surface area contributed by atoms with Crippen molar-refractivity contribution in [3.8, 4) is 0 Å². The zero-order chi connectivity index (χ0) is 14.4. The molecule has 2 nitrogen and oxygen atoms in total. The smallest absolute Gasteiger partial charge is 0.0406 e. The van der Waals surface area contributed by atoms with Gasteiger partial charge in [0.15, 0.2) is 0 Å². The van der Waals surface area contributed by atoms with Crippen molar-refractivity contribution >= 4 is 11.6 Å². The van der Waals surface area contributed by atoms with E-state index in [1.165, 1.54) is 44.3 Å². The van der Waals surface area contributed by atoms with Crippen LogP contribution in [0.15, 0.2) is 24.3 Å². The Morgan fingerprint density at radius 1 is 1.35 bits per heavy atom. The van der Waals surface area contributed by atoms with Crippen molar-refractivity contribution in [1.29, 1.82) is 0 Å². The van der Waals surface area contributed by atoms with Gasteiger partial charge in [-0.05, 0) is 63.0 Å². The van der Waals surface area contributed by atoms with Crippen LogP contribution in [-0.2, 0) is 0 Å². The lowest BCUT2D eigenvalue weighted by Crippen LogP contribution is -2.38. The molecule has 1 saturated heterocycles. The van der Waals surface area contributed by atoms with Crippen LogP contribution in [0.5, 0.6) is 0 Å². The number of halogens is 1. The molecule has 0 bridgehead atoms. The quantitative estimate of drug-likeness (QED) is 0.849. The van der Waals surface area contributed by atoms with Gasteiger partial charge in [-0.15, -0.1) is 0 Å². The average molecular weight is 295 g/mol. The van der Waals surface area contributed by atoms with Crippen LogP contribution in [0.25, 0.3) is 0 Å².